The smallest absolute Gasteiger partial charge is 0.221 e. The number of fused-ring (bicyclic) bond motifs is 1. The topological polar surface area (TPSA) is 42.2 Å². The molecule has 0 spiro atoms. The van der Waals surface area contributed by atoms with E-state index in [4.69, 9.17) is 4.42 Å². The first kappa shape index (κ1) is 11.5. The van der Waals surface area contributed by atoms with E-state index in [9.17, 15) is 4.79 Å². The molecule has 0 unspecified atom stereocenters. The Balaban J connectivity index is 2.04. The van der Waals surface area contributed by atoms with Gasteiger partial charge in [-0.05, 0) is 24.3 Å². The summed E-state index contributed by atoms with van der Waals surface area (Å²) < 4.78 is 5.80. The van der Waals surface area contributed by atoms with Gasteiger partial charge in [-0.1, -0.05) is 30.3 Å². The minimum Gasteiger partial charge on any atom is -0.456 e. The second-order valence-electron chi connectivity index (χ2n) is 4.41. The van der Waals surface area contributed by atoms with Gasteiger partial charge in [0.25, 0.3) is 0 Å². The van der Waals surface area contributed by atoms with Crippen LogP contribution in [0, 0.1) is 0 Å². The highest BCUT2D eigenvalue weighted by atomic mass is 16.3. The van der Waals surface area contributed by atoms with Crippen molar-refractivity contribution in [2.45, 2.75) is 6.92 Å². The van der Waals surface area contributed by atoms with E-state index in [0.29, 0.717) is 0 Å². The number of carbonyl (C=O) groups excluding carboxylic acids is 1. The third-order valence-corrected chi connectivity index (χ3v) is 2.89. The van der Waals surface area contributed by atoms with Gasteiger partial charge in [0, 0.05) is 23.6 Å². The number of hydrogen-bond acceptors (Lipinski definition) is 2. The summed E-state index contributed by atoms with van der Waals surface area (Å²) in [5, 5.41) is 3.74. The van der Waals surface area contributed by atoms with Crippen molar-refractivity contribution in [1.29, 1.82) is 0 Å². The van der Waals surface area contributed by atoms with Crippen LogP contribution in [0.4, 0.5) is 5.69 Å². The molecule has 1 aromatic heterocycles. The molecule has 3 aromatic rings. The molecule has 94 valence electrons. The van der Waals surface area contributed by atoms with Crippen LogP contribution in [0.3, 0.4) is 0 Å². The molecule has 19 heavy (non-hydrogen) atoms. The van der Waals surface area contributed by atoms with Crippen molar-refractivity contribution >= 4 is 22.6 Å². The number of carbonyl (C=O) groups is 1. The Morgan fingerprint density at radius 1 is 1.05 bits per heavy atom. The van der Waals surface area contributed by atoms with Crippen molar-refractivity contribution in [3.63, 3.8) is 0 Å². The summed E-state index contributed by atoms with van der Waals surface area (Å²) in [6, 6.07) is 17.5. The minimum absolute atomic E-state index is 0.0777. The van der Waals surface area contributed by atoms with E-state index in [1.807, 2.05) is 54.6 Å². The molecule has 0 fully saturated rings. The summed E-state index contributed by atoms with van der Waals surface area (Å²) in [7, 11) is 0. The number of hydrogen-bond donors (Lipinski definition) is 1. The number of benzene rings is 2. The van der Waals surface area contributed by atoms with Crippen LogP contribution in [0.5, 0.6) is 0 Å². The van der Waals surface area contributed by atoms with E-state index in [1.54, 1.807) is 0 Å². The number of anilines is 1. The monoisotopic (exact) mass is 251 g/mol. The van der Waals surface area contributed by atoms with Crippen LogP contribution in [0.25, 0.3) is 22.3 Å². The fourth-order valence-electron chi connectivity index (χ4n) is 2.07. The predicted octanol–water partition coefficient (Wildman–Crippen LogP) is 4.06. The number of amides is 1. The van der Waals surface area contributed by atoms with Gasteiger partial charge >= 0.3 is 0 Å². The second-order valence-corrected chi connectivity index (χ2v) is 4.41. The van der Waals surface area contributed by atoms with Crippen LogP contribution >= 0.6 is 0 Å². The molecule has 2 aromatic carbocycles. The number of rotatable bonds is 2. The Morgan fingerprint density at radius 3 is 2.58 bits per heavy atom. The maximum Gasteiger partial charge on any atom is 0.221 e. The molecule has 1 N–H and O–H groups in total. The lowest BCUT2D eigenvalue weighted by atomic mass is 10.1. The van der Waals surface area contributed by atoms with Crippen LogP contribution in [-0.4, -0.2) is 5.91 Å². The summed E-state index contributed by atoms with van der Waals surface area (Å²) in [5.74, 6) is 0.752. The molecule has 0 aliphatic carbocycles. The van der Waals surface area contributed by atoms with Gasteiger partial charge < -0.3 is 9.73 Å². The van der Waals surface area contributed by atoms with Crippen LogP contribution in [0.15, 0.2) is 59.0 Å². The van der Waals surface area contributed by atoms with Crippen LogP contribution < -0.4 is 5.32 Å². The third kappa shape index (κ3) is 2.36. The molecular formula is C16H13NO2. The first-order valence-electron chi connectivity index (χ1n) is 6.09. The first-order chi connectivity index (χ1) is 9.22. The fraction of sp³-hybridized carbons (Fsp3) is 0.0625. The lowest BCUT2D eigenvalue weighted by Gasteiger charge is -2.00. The maximum atomic E-state index is 11.0. The van der Waals surface area contributed by atoms with E-state index in [2.05, 4.69) is 5.32 Å². The third-order valence-electron chi connectivity index (χ3n) is 2.89. The minimum atomic E-state index is -0.0777. The molecule has 0 saturated carbocycles. The van der Waals surface area contributed by atoms with Crippen molar-refractivity contribution in [3.05, 3.63) is 54.6 Å². The number of furan rings is 1. The molecule has 0 radical (unpaired) electrons. The van der Waals surface area contributed by atoms with Crippen molar-refractivity contribution in [3.8, 4) is 11.3 Å². The van der Waals surface area contributed by atoms with Crippen LogP contribution in [0.2, 0.25) is 0 Å². The summed E-state index contributed by atoms with van der Waals surface area (Å²) in [6.07, 6.45) is 0. The van der Waals surface area contributed by atoms with Crippen molar-refractivity contribution in [1.82, 2.24) is 0 Å². The molecule has 0 aliphatic heterocycles. The number of nitrogens with one attached hydrogen (secondary N) is 1. The molecule has 1 amide bonds. The largest absolute Gasteiger partial charge is 0.456 e. The normalized spacial score (nSPS) is 10.6. The molecule has 0 saturated heterocycles. The molecule has 3 nitrogen and oxygen atoms in total. The average Bonchev–Trinajstić information content (AvgIpc) is 2.82. The average molecular weight is 251 g/mol. The summed E-state index contributed by atoms with van der Waals surface area (Å²) in [5.41, 5.74) is 2.63. The van der Waals surface area contributed by atoms with Crippen LogP contribution in [-0.2, 0) is 4.79 Å². The predicted molar refractivity (Wildman–Crippen MR) is 76.0 cm³/mol. The standard InChI is InChI=1S/C16H13NO2/c1-11(18)17-14-7-8-15-13(9-14)10-16(19-15)12-5-3-2-4-6-12/h2-10H,1H3,(H,17,18). The molecule has 3 rings (SSSR count). The van der Waals surface area contributed by atoms with E-state index in [1.165, 1.54) is 6.92 Å². The van der Waals surface area contributed by atoms with E-state index in [0.717, 1.165) is 28.0 Å². The Hall–Kier alpha value is -2.55. The fourth-order valence-corrected chi connectivity index (χ4v) is 2.07. The van der Waals surface area contributed by atoms with Crippen molar-refractivity contribution < 1.29 is 9.21 Å². The highest BCUT2D eigenvalue weighted by Crippen LogP contribution is 2.29. The Bertz CT molecular complexity index is 729. The first-order valence-corrected chi connectivity index (χ1v) is 6.09. The van der Waals surface area contributed by atoms with E-state index < -0.39 is 0 Å². The van der Waals surface area contributed by atoms with Gasteiger partial charge in [-0.2, -0.15) is 0 Å². The van der Waals surface area contributed by atoms with E-state index in [-0.39, 0.29) is 5.91 Å². The Morgan fingerprint density at radius 2 is 1.84 bits per heavy atom. The highest BCUT2D eigenvalue weighted by Gasteiger charge is 2.06. The van der Waals surface area contributed by atoms with Gasteiger partial charge in [0.1, 0.15) is 11.3 Å². The quantitative estimate of drug-likeness (QED) is 0.746. The second kappa shape index (κ2) is 4.61. The lowest BCUT2D eigenvalue weighted by Crippen LogP contribution is -2.05. The zero-order valence-electron chi connectivity index (χ0n) is 10.5. The molecule has 0 bridgehead atoms. The highest BCUT2D eigenvalue weighted by molar-refractivity contribution is 5.93. The lowest BCUT2D eigenvalue weighted by molar-refractivity contribution is -0.114. The molecule has 0 atom stereocenters. The van der Waals surface area contributed by atoms with Crippen molar-refractivity contribution in [2.75, 3.05) is 5.32 Å². The van der Waals surface area contributed by atoms with E-state index >= 15 is 0 Å². The van der Waals surface area contributed by atoms with Gasteiger partial charge in [-0.3, -0.25) is 4.79 Å². The van der Waals surface area contributed by atoms with Gasteiger partial charge in [0.2, 0.25) is 5.91 Å². The summed E-state index contributed by atoms with van der Waals surface area (Å²) in [4.78, 5) is 11.0. The summed E-state index contributed by atoms with van der Waals surface area (Å²) >= 11 is 0. The zero-order chi connectivity index (χ0) is 13.2. The summed E-state index contributed by atoms with van der Waals surface area (Å²) in [6.45, 7) is 1.50. The van der Waals surface area contributed by atoms with Gasteiger partial charge in [0.15, 0.2) is 0 Å². The SMILES string of the molecule is CC(=O)Nc1ccc2oc(-c3ccccc3)cc2c1. The van der Waals surface area contributed by atoms with Gasteiger partial charge in [0.05, 0.1) is 0 Å². The molecule has 3 heteroatoms. The van der Waals surface area contributed by atoms with Crippen molar-refractivity contribution in [2.24, 2.45) is 0 Å². The Kier molecular flexibility index (Phi) is 2.80. The van der Waals surface area contributed by atoms with Gasteiger partial charge in [-0.25, -0.2) is 0 Å². The zero-order valence-corrected chi connectivity index (χ0v) is 10.5. The molecular weight excluding hydrogens is 238 g/mol. The molecule has 1 heterocycles. The van der Waals surface area contributed by atoms with Gasteiger partial charge in [-0.15, -0.1) is 0 Å². The Labute approximate surface area is 110 Å². The van der Waals surface area contributed by atoms with Crippen LogP contribution in [0.1, 0.15) is 6.92 Å². The molecule has 0 aliphatic rings. The maximum absolute atomic E-state index is 11.0.